The molecule has 0 bridgehead atoms. The molecule has 0 saturated heterocycles. The van der Waals surface area contributed by atoms with Gasteiger partial charge in [0.1, 0.15) is 29.2 Å². The summed E-state index contributed by atoms with van der Waals surface area (Å²) in [6.45, 7) is 0.363. The Labute approximate surface area is 205 Å². The minimum Gasteiger partial charge on any atom is -0.493 e. The number of fused-ring (bicyclic) bond motifs is 1. The van der Waals surface area contributed by atoms with Crippen molar-refractivity contribution in [3.05, 3.63) is 95.9 Å². The summed E-state index contributed by atoms with van der Waals surface area (Å²) in [6, 6.07) is 14.8. The summed E-state index contributed by atoms with van der Waals surface area (Å²) in [4.78, 5) is 0. The number of ether oxygens (including phenoxy) is 1. The summed E-state index contributed by atoms with van der Waals surface area (Å²) in [5, 5.41) is 15.8. The fourth-order valence-corrected chi connectivity index (χ4v) is 5.05. The van der Waals surface area contributed by atoms with Crippen LogP contribution < -0.4 is 9.46 Å². The van der Waals surface area contributed by atoms with Crippen LogP contribution in [0.25, 0.3) is 16.7 Å². The van der Waals surface area contributed by atoms with Gasteiger partial charge in [0, 0.05) is 35.9 Å². The smallest absolute Gasteiger partial charge is 0.229 e. The van der Waals surface area contributed by atoms with Gasteiger partial charge < -0.3 is 9.84 Å². The van der Waals surface area contributed by atoms with Gasteiger partial charge in [-0.1, -0.05) is 30.3 Å². The second-order valence-corrected chi connectivity index (χ2v) is 10.6. The number of nitrogens with zero attached hydrogens (tertiary/aromatic N) is 2. The van der Waals surface area contributed by atoms with Gasteiger partial charge in [-0.05, 0) is 30.2 Å². The van der Waals surface area contributed by atoms with Crippen LogP contribution in [-0.4, -0.2) is 36.2 Å². The summed E-state index contributed by atoms with van der Waals surface area (Å²) in [7, 11) is -1.51. The number of anilines is 1. The number of allylic oxidation sites excluding steroid dienone is 6. The maximum absolute atomic E-state index is 11.8. The van der Waals surface area contributed by atoms with Crippen LogP contribution >= 0.6 is 0 Å². The van der Waals surface area contributed by atoms with Crippen LogP contribution in [0.1, 0.15) is 23.1 Å². The van der Waals surface area contributed by atoms with Gasteiger partial charge >= 0.3 is 0 Å². The molecule has 35 heavy (non-hydrogen) atoms. The van der Waals surface area contributed by atoms with Crippen molar-refractivity contribution in [3.8, 4) is 16.9 Å². The molecule has 0 radical (unpaired) electrons. The quantitative estimate of drug-likeness (QED) is 0.511. The van der Waals surface area contributed by atoms with E-state index in [0.717, 1.165) is 39.9 Å². The van der Waals surface area contributed by atoms with Gasteiger partial charge in [0.15, 0.2) is 0 Å². The summed E-state index contributed by atoms with van der Waals surface area (Å²) < 4.78 is 34.0. The number of nitrogens with one attached hydrogen (secondary N) is 1. The molecule has 0 unspecified atom stereocenters. The minimum absolute atomic E-state index is 0.125. The van der Waals surface area contributed by atoms with E-state index in [2.05, 4.69) is 15.9 Å². The number of rotatable bonds is 6. The Kier molecular flexibility index (Phi) is 6.03. The van der Waals surface area contributed by atoms with Crippen LogP contribution in [-0.2, 0) is 23.5 Å². The molecule has 5 rings (SSSR count). The van der Waals surface area contributed by atoms with Crippen molar-refractivity contribution in [1.29, 1.82) is 0 Å². The Bertz CT molecular complexity index is 1470. The molecule has 1 aromatic heterocycles. The zero-order chi connectivity index (χ0) is 24.6. The first-order chi connectivity index (χ1) is 16.8. The second-order valence-electron chi connectivity index (χ2n) is 8.83. The first-order valence-corrected chi connectivity index (χ1v) is 13.2. The Morgan fingerprint density at radius 3 is 2.83 bits per heavy atom. The predicted octanol–water partition coefficient (Wildman–Crippen LogP) is 4.06. The Morgan fingerprint density at radius 2 is 2.06 bits per heavy atom. The molecule has 3 aromatic rings. The highest BCUT2D eigenvalue weighted by atomic mass is 32.2. The number of aliphatic hydroxyl groups is 1. The average Bonchev–Trinajstić information content (AvgIpc) is 3.21. The number of para-hydroxylation sites is 1. The molecule has 2 aromatic carbocycles. The van der Waals surface area contributed by atoms with E-state index >= 15 is 0 Å². The van der Waals surface area contributed by atoms with E-state index in [9.17, 15) is 13.5 Å². The first kappa shape index (κ1) is 23.1. The molecule has 1 aliphatic heterocycles. The molecule has 2 atom stereocenters. The third kappa shape index (κ3) is 4.91. The van der Waals surface area contributed by atoms with Crippen LogP contribution in [0, 0.1) is 12.0 Å². The SMILES string of the molecule is Cn1nc(C2=CC=[C+]C=C2)cc1C[C@H]1COc2cc(-c3ccccc3NS(C)(=O)=O)ccc2[C@@H]1O. The third-order valence-corrected chi connectivity index (χ3v) is 6.82. The zero-order valence-corrected chi connectivity index (χ0v) is 20.3. The lowest BCUT2D eigenvalue weighted by molar-refractivity contribution is 0.0499. The summed E-state index contributed by atoms with van der Waals surface area (Å²) in [5.74, 6) is 0.478. The van der Waals surface area contributed by atoms with Crippen LogP contribution in [0.3, 0.4) is 0 Å². The Morgan fingerprint density at radius 1 is 1.23 bits per heavy atom. The standard InChI is InChI=1S/C27H26N3O4S/c1-30-21(16-25(28-30)18-8-4-3-5-9-18)14-20-17-34-26-15-19(12-13-23(26)27(20)31)22-10-6-7-11-24(22)29-35(2,32)33/h4-13,15-16,20,27,29,31H,14,17H2,1-2H3/q+1/t20-,27+/m0/s1. The molecule has 8 heteroatoms. The van der Waals surface area contributed by atoms with Gasteiger partial charge in [0.25, 0.3) is 0 Å². The van der Waals surface area contributed by atoms with Crippen molar-refractivity contribution in [1.82, 2.24) is 9.78 Å². The van der Waals surface area contributed by atoms with Gasteiger partial charge in [0.05, 0.1) is 36.8 Å². The van der Waals surface area contributed by atoms with Crippen molar-refractivity contribution < 1.29 is 18.3 Å². The molecule has 7 nitrogen and oxygen atoms in total. The van der Waals surface area contributed by atoms with E-state index in [0.29, 0.717) is 24.5 Å². The molecule has 0 spiro atoms. The first-order valence-electron chi connectivity index (χ1n) is 11.3. The summed E-state index contributed by atoms with van der Waals surface area (Å²) in [5.41, 5.74) is 5.68. The van der Waals surface area contributed by atoms with Gasteiger partial charge in [0.2, 0.25) is 10.0 Å². The zero-order valence-electron chi connectivity index (χ0n) is 19.5. The van der Waals surface area contributed by atoms with E-state index < -0.39 is 16.1 Å². The minimum atomic E-state index is -3.42. The normalized spacial score (nSPS) is 18.9. The number of hydrogen-bond acceptors (Lipinski definition) is 5. The van der Waals surface area contributed by atoms with Gasteiger partial charge in [-0.15, -0.1) is 0 Å². The topological polar surface area (TPSA) is 93.5 Å². The number of sulfonamides is 1. The van der Waals surface area contributed by atoms with Gasteiger partial charge in [-0.25, -0.2) is 8.42 Å². The van der Waals surface area contributed by atoms with Crippen molar-refractivity contribution >= 4 is 21.3 Å². The highest BCUT2D eigenvalue weighted by Crippen LogP contribution is 2.40. The van der Waals surface area contributed by atoms with Crippen molar-refractivity contribution in [2.24, 2.45) is 13.0 Å². The number of hydrogen-bond donors (Lipinski definition) is 2. The van der Waals surface area contributed by atoms with E-state index in [1.54, 1.807) is 12.1 Å². The average molecular weight is 489 g/mol. The Balaban J connectivity index is 1.37. The number of benzene rings is 2. The van der Waals surface area contributed by atoms with E-state index in [-0.39, 0.29) is 5.92 Å². The monoisotopic (exact) mass is 488 g/mol. The lowest BCUT2D eigenvalue weighted by atomic mass is 9.88. The maximum atomic E-state index is 11.8. The summed E-state index contributed by atoms with van der Waals surface area (Å²) >= 11 is 0. The highest BCUT2D eigenvalue weighted by Gasteiger charge is 2.31. The molecule has 0 saturated carbocycles. The molecule has 2 heterocycles. The summed E-state index contributed by atoms with van der Waals surface area (Å²) in [6.07, 6.45) is 11.7. The lowest BCUT2D eigenvalue weighted by Crippen LogP contribution is -2.28. The molecular weight excluding hydrogens is 462 g/mol. The van der Waals surface area contributed by atoms with Crippen molar-refractivity contribution in [2.45, 2.75) is 12.5 Å². The van der Waals surface area contributed by atoms with Crippen molar-refractivity contribution in [2.75, 3.05) is 17.6 Å². The van der Waals surface area contributed by atoms with Crippen LogP contribution in [0.4, 0.5) is 5.69 Å². The molecule has 1 aliphatic carbocycles. The molecule has 178 valence electrons. The van der Waals surface area contributed by atoms with E-state index in [1.807, 2.05) is 72.4 Å². The lowest BCUT2D eigenvalue weighted by Gasteiger charge is -2.30. The third-order valence-electron chi connectivity index (χ3n) is 6.23. The molecule has 2 N–H and O–H groups in total. The van der Waals surface area contributed by atoms with Crippen LogP contribution in [0.2, 0.25) is 0 Å². The van der Waals surface area contributed by atoms with Gasteiger partial charge in [-0.2, -0.15) is 5.10 Å². The maximum Gasteiger partial charge on any atom is 0.229 e. The highest BCUT2D eigenvalue weighted by molar-refractivity contribution is 7.92. The molecule has 2 aliphatic rings. The Hall–Kier alpha value is -3.71. The van der Waals surface area contributed by atoms with E-state index in [1.165, 1.54) is 0 Å². The molecule has 0 amide bonds. The molecule has 0 fully saturated rings. The largest absolute Gasteiger partial charge is 0.493 e. The predicted molar refractivity (Wildman–Crippen MR) is 136 cm³/mol. The van der Waals surface area contributed by atoms with Crippen LogP contribution in [0.5, 0.6) is 5.75 Å². The number of aryl methyl sites for hydroxylation is 1. The fourth-order valence-electron chi connectivity index (χ4n) is 4.47. The van der Waals surface area contributed by atoms with Crippen LogP contribution in [0.15, 0.2) is 72.8 Å². The molecular formula is C27H26N3O4S+. The van der Waals surface area contributed by atoms with E-state index in [4.69, 9.17) is 4.74 Å². The van der Waals surface area contributed by atoms with Crippen molar-refractivity contribution in [3.63, 3.8) is 0 Å². The second kappa shape index (κ2) is 9.15. The van der Waals surface area contributed by atoms with Gasteiger partial charge in [-0.3, -0.25) is 9.40 Å². The number of aliphatic hydroxyl groups excluding tert-OH is 1. The fraction of sp³-hybridized carbons (Fsp3) is 0.222. The number of aromatic nitrogens is 2.